The Balaban J connectivity index is 2.38. The molecule has 1 aliphatic heterocycles. The van der Waals surface area contributed by atoms with Crippen LogP contribution in [0, 0.1) is 5.92 Å². The zero-order chi connectivity index (χ0) is 12.6. The summed E-state index contributed by atoms with van der Waals surface area (Å²) in [6.07, 6.45) is 1.47. The first-order valence-corrected chi connectivity index (χ1v) is 5.72. The van der Waals surface area contributed by atoms with E-state index < -0.39 is 17.5 Å². The molecule has 0 bridgehead atoms. The van der Waals surface area contributed by atoms with Gasteiger partial charge in [-0.1, -0.05) is 0 Å². The predicted octanol–water partition coefficient (Wildman–Crippen LogP) is 1.71. The van der Waals surface area contributed by atoms with Crippen LogP contribution in [0.2, 0.25) is 5.28 Å². The van der Waals surface area contributed by atoms with Crippen LogP contribution in [0.15, 0.2) is 12.3 Å². The zero-order valence-corrected chi connectivity index (χ0v) is 10.3. The Morgan fingerprint density at radius 3 is 2.88 bits per heavy atom. The van der Waals surface area contributed by atoms with E-state index in [1.165, 1.54) is 20.0 Å². The number of rotatable bonds is 2. The lowest BCUT2D eigenvalue weighted by molar-refractivity contribution is -0.121. The number of nitrogens with zero attached hydrogens (tertiary/aromatic N) is 2. The number of halogens is 2. The molecule has 92 valence electrons. The van der Waals surface area contributed by atoms with E-state index in [-0.39, 0.29) is 11.2 Å². The van der Waals surface area contributed by atoms with E-state index in [1.54, 1.807) is 6.07 Å². The third-order valence-electron chi connectivity index (χ3n) is 3.03. The van der Waals surface area contributed by atoms with Crippen molar-refractivity contribution in [1.29, 1.82) is 0 Å². The first-order valence-electron chi connectivity index (χ1n) is 5.34. The van der Waals surface area contributed by atoms with E-state index in [0.717, 1.165) is 0 Å². The van der Waals surface area contributed by atoms with Gasteiger partial charge in [-0.15, -0.1) is 0 Å². The quantitative estimate of drug-likeness (QED) is 0.821. The fourth-order valence-electron chi connectivity index (χ4n) is 2.12. The summed E-state index contributed by atoms with van der Waals surface area (Å²) < 4.78 is 14.0. The average Bonchev–Trinajstić information content (AvgIpc) is 2.59. The van der Waals surface area contributed by atoms with Crippen LogP contribution in [-0.2, 0) is 4.79 Å². The molecule has 0 saturated carbocycles. The van der Waals surface area contributed by atoms with E-state index >= 15 is 0 Å². The third kappa shape index (κ3) is 2.39. The topological polar surface area (TPSA) is 54.9 Å². The number of hydrogen-bond acceptors (Lipinski definition) is 3. The van der Waals surface area contributed by atoms with Gasteiger partial charge >= 0.3 is 0 Å². The highest BCUT2D eigenvalue weighted by Crippen LogP contribution is 2.37. The van der Waals surface area contributed by atoms with Crippen molar-refractivity contribution in [3.63, 3.8) is 0 Å². The second-order valence-corrected chi connectivity index (χ2v) is 4.98. The van der Waals surface area contributed by atoms with Crippen LogP contribution >= 0.6 is 11.6 Å². The van der Waals surface area contributed by atoms with E-state index in [0.29, 0.717) is 12.2 Å². The summed E-state index contributed by atoms with van der Waals surface area (Å²) in [6, 6.07) is 1.60. The van der Waals surface area contributed by atoms with Crippen molar-refractivity contribution in [3.8, 4) is 0 Å². The summed E-state index contributed by atoms with van der Waals surface area (Å²) in [5.41, 5.74) is -0.989. The number of aromatic nitrogens is 2. The average molecular weight is 258 g/mol. The van der Waals surface area contributed by atoms with Crippen molar-refractivity contribution in [2.75, 3.05) is 6.54 Å². The lowest BCUT2D eigenvalue weighted by Crippen LogP contribution is -2.32. The highest BCUT2D eigenvalue weighted by atomic mass is 35.5. The summed E-state index contributed by atoms with van der Waals surface area (Å²) in [7, 11) is 0. The molecule has 6 heteroatoms. The molecule has 1 amide bonds. The lowest BCUT2D eigenvalue weighted by atomic mass is 9.82. The maximum atomic E-state index is 14.0. The van der Waals surface area contributed by atoms with E-state index in [4.69, 9.17) is 11.6 Å². The van der Waals surface area contributed by atoms with Gasteiger partial charge in [-0.2, -0.15) is 0 Å². The Kier molecular flexibility index (Phi) is 3.03. The number of carbonyl (C=O) groups excluding carboxylic acids is 1. The van der Waals surface area contributed by atoms with Gasteiger partial charge < -0.3 is 5.32 Å². The van der Waals surface area contributed by atoms with Crippen LogP contribution in [0.4, 0.5) is 4.39 Å². The van der Waals surface area contributed by atoms with Crippen molar-refractivity contribution in [2.45, 2.75) is 25.4 Å². The molecule has 1 aliphatic rings. The van der Waals surface area contributed by atoms with Crippen molar-refractivity contribution in [2.24, 2.45) is 5.92 Å². The Hall–Kier alpha value is -1.23. The maximum absolute atomic E-state index is 14.0. The molecule has 2 unspecified atom stereocenters. The van der Waals surface area contributed by atoms with Crippen molar-refractivity contribution >= 4 is 17.5 Å². The van der Waals surface area contributed by atoms with Gasteiger partial charge in [-0.3, -0.25) is 4.79 Å². The molecule has 2 heterocycles. The summed E-state index contributed by atoms with van der Waals surface area (Å²) in [5, 5.41) is 2.73. The Labute approximate surface area is 104 Å². The van der Waals surface area contributed by atoms with Gasteiger partial charge in [0, 0.05) is 18.7 Å². The molecule has 2 atom stereocenters. The van der Waals surface area contributed by atoms with Gasteiger partial charge in [0.15, 0.2) is 0 Å². The first kappa shape index (κ1) is 12.2. The molecular formula is C11H13ClFN3O. The first-order chi connectivity index (χ1) is 7.89. The third-order valence-corrected chi connectivity index (χ3v) is 3.21. The largest absolute Gasteiger partial charge is 0.355 e. The van der Waals surface area contributed by atoms with Gasteiger partial charge in [0.1, 0.15) is 5.67 Å². The van der Waals surface area contributed by atoms with Crippen LogP contribution in [-0.4, -0.2) is 28.1 Å². The maximum Gasteiger partial charge on any atom is 0.229 e. The fourth-order valence-corrected chi connectivity index (χ4v) is 2.28. The molecule has 2 rings (SSSR count). The summed E-state index contributed by atoms with van der Waals surface area (Å²) in [6.45, 7) is 3.25. The van der Waals surface area contributed by atoms with E-state index in [1.807, 2.05) is 0 Å². The minimum absolute atomic E-state index is 0.0672. The SMILES string of the molecule is CC(C)(F)C1CNC(=O)C1c1ccnc(Cl)n1. The molecule has 1 saturated heterocycles. The van der Waals surface area contributed by atoms with Crippen LogP contribution in [0.25, 0.3) is 0 Å². The van der Waals surface area contributed by atoms with E-state index in [9.17, 15) is 9.18 Å². The normalized spacial score (nSPS) is 24.8. The standard InChI is InChI=1S/C11H13ClFN3O/c1-11(2,13)6-5-15-9(17)8(6)7-3-4-14-10(12)16-7/h3-4,6,8H,5H2,1-2H3,(H,15,17). The van der Waals surface area contributed by atoms with Gasteiger partial charge in [-0.05, 0) is 31.5 Å². The van der Waals surface area contributed by atoms with Crippen LogP contribution in [0.5, 0.6) is 0 Å². The molecule has 0 aromatic carbocycles. The van der Waals surface area contributed by atoms with Crippen LogP contribution < -0.4 is 5.32 Å². The Morgan fingerprint density at radius 1 is 1.59 bits per heavy atom. The van der Waals surface area contributed by atoms with Crippen molar-refractivity contribution < 1.29 is 9.18 Å². The molecule has 4 nitrogen and oxygen atoms in total. The molecule has 0 spiro atoms. The summed E-state index contributed by atoms with van der Waals surface area (Å²) in [5.74, 6) is -1.26. The predicted molar refractivity (Wildman–Crippen MR) is 61.5 cm³/mol. The van der Waals surface area contributed by atoms with Crippen LogP contribution in [0.3, 0.4) is 0 Å². The molecule has 17 heavy (non-hydrogen) atoms. The molecule has 1 aromatic rings. The second kappa shape index (κ2) is 4.22. The second-order valence-electron chi connectivity index (χ2n) is 4.64. The molecule has 1 fully saturated rings. The highest BCUT2D eigenvalue weighted by molar-refractivity contribution is 6.28. The highest BCUT2D eigenvalue weighted by Gasteiger charge is 2.45. The minimum atomic E-state index is -1.46. The number of alkyl halides is 1. The molecule has 0 radical (unpaired) electrons. The van der Waals surface area contributed by atoms with Gasteiger partial charge in [0.05, 0.1) is 11.6 Å². The fraction of sp³-hybridized carbons (Fsp3) is 0.545. The Morgan fingerprint density at radius 2 is 2.29 bits per heavy atom. The van der Waals surface area contributed by atoms with Gasteiger partial charge in [0.2, 0.25) is 11.2 Å². The monoisotopic (exact) mass is 257 g/mol. The smallest absolute Gasteiger partial charge is 0.229 e. The molecule has 1 aromatic heterocycles. The van der Waals surface area contributed by atoms with Gasteiger partial charge in [-0.25, -0.2) is 14.4 Å². The van der Waals surface area contributed by atoms with Crippen LogP contribution in [0.1, 0.15) is 25.5 Å². The number of nitrogens with one attached hydrogen (secondary N) is 1. The summed E-state index contributed by atoms with van der Waals surface area (Å²) >= 11 is 5.69. The number of carbonyl (C=O) groups is 1. The number of amides is 1. The molecule has 0 aliphatic carbocycles. The minimum Gasteiger partial charge on any atom is -0.355 e. The lowest BCUT2D eigenvalue weighted by Gasteiger charge is -2.25. The molecule has 1 N–H and O–H groups in total. The van der Waals surface area contributed by atoms with Crippen molar-refractivity contribution in [1.82, 2.24) is 15.3 Å². The Bertz CT molecular complexity index is 447. The van der Waals surface area contributed by atoms with E-state index in [2.05, 4.69) is 15.3 Å². The zero-order valence-electron chi connectivity index (χ0n) is 9.58. The number of hydrogen-bond donors (Lipinski definition) is 1. The van der Waals surface area contributed by atoms with Crippen molar-refractivity contribution in [3.05, 3.63) is 23.2 Å². The molecular weight excluding hydrogens is 245 g/mol. The van der Waals surface area contributed by atoms with Gasteiger partial charge in [0.25, 0.3) is 0 Å². The summed E-state index contributed by atoms with van der Waals surface area (Å²) in [4.78, 5) is 19.5.